The van der Waals surface area contributed by atoms with Crippen molar-refractivity contribution in [1.29, 1.82) is 0 Å². The molecule has 0 radical (unpaired) electrons. The molecule has 0 aliphatic rings. The molecule has 0 heterocycles. The highest BCUT2D eigenvalue weighted by Gasteiger charge is 2.09. The molecule has 0 bridgehead atoms. The van der Waals surface area contributed by atoms with E-state index in [0.717, 1.165) is 12.8 Å². The van der Waals surface area contributed by atoms with Crippen LogP contribution in [0.4, 0.5) is 0 Å². The van der Waals surface area contributed by atoms with Crippen LogP contribution in [-0.2, 0) is 4.79 Å². The van der Waals surface area contributed by atoms with Gasteiger partial charge in [0.05, 0.1) is 0 Å². The van der Waals surface area contributed by atoms with Crippen molar-refractivity contribution in [2.75, 3.05) is 0 Å². The van der Waals surface area contributed by atoms with Crippen molar-refractivity contribution in [2.24, 2.45) is 5.92 Å². The first-order valence-electron chi connectivity index (χ1n) is 18.2. The fourth-order valence-electron chi connectivity index (χ4n) is 5.81. The van der Waals surface area contributed by atoms with Gasteiger partial charge in [0.1, 0.15) is 0 Å². The molecule has 2 heteroatoms. The van der Waals surface area contributed by atoms with Crippen molar-refractivity contribution in [3.8, 4) is 0 Å². The van der Waals surface area contributed by atoms with E-state index in [1.807, 2.05) is 0 Å². The molecule has 0 aliphatic carbocycles. The first-order valence-corrected chi connectivity index (χ1v) is 18.2. The Morgan fingerprint density at radius 1 is 0.500 bits per heavy atom. The molecule has 0 saturated carbocycles. The van der Waals surface area contributed by atoms with Gasteiger partial charge < -0.3 is 5.11 Å². The van der Waals surface area contributed by atoms with Crippen LogP contribution in [0.25, 0.3) is 0 Å². The van der Waals surface area contributed by atoms with Crippen molar-refractivity contribution in [3.63, 3.8) is 0 Å². The predicted molar refractivity (Wildman–Crippen MR) is 179 cm³/mol. The molecule has 1 atom stereocenters. The largest absolute Gasteiger partial charge is 0.478 e. The van der Waals surface area contributed by atoms with E-state index < -0.39 is 5.97 Å². The number of hydrogen-bond donors (Lipinski definition) is 1. The summed E-state index contributed by atoms with van der Waals surface area (Å²) < 4.78 is 0. The Morgan fingerprint density at radius 3 is 1.12 bits per heavy atom. The Morgan fingerprint density at radius 2 is 0.800 bits per heavy atom. The monoisotopic (exact) mass is 561 g/mol. The third-order valence-corrected chi connectivity index (χ3v) is 8.59. The molecule has 0 aromatic rings. The first-order chi connectivity index (χ1) is 19.6. The van der Waals surface area contributed by atoms with Crippen LogP contribution in [0.1, 0.15) is 207 Å². The van der Waals surface area contributed by atoms with Crippen LogP contribution in [0, 0.1) is 5.92 Å². The highest BCUT2D eigenvalue weighted by molar-refractivity contribution is 5.85. The van der Waals surface area contributed by atoms with Crippen LogP contribution in [0.3, 0.4) is 0 Å². The molecule has 0 aliphatic heterocycles. The summed E-state index contributed by atoms with van der Waals surface area (Å²) in [4.78, 5) is 11.4. The zero-order valence-corrected chi connectivity index (χ0v) is 27.7. The molecule has 1 unspecified atom stereocenters. The molecule has 2 nitrogen and oxygen atoms in total. The molecule has 0 saturated heterocycles. The Kier molecular flexibility index (Phi) is 31.6. The van der Waals surface area contributed by atoms with E-state index in [9.17, 15) is 9.90 Å². The Labute approximate surface area is 252 Å². The van der Waals surface area contributed by atoms with Gasteiger partial charge in [0, 0.05) is 5.57 Å². The van der Waals surface area contributed by atoms with Crippen LogP contribution in [-0.4, -0.2) is 11.1 Å². The van der Waals surface area contributed by atoms with E-state index in [1.165, 1.54) is 173 Å². The molecule has 0 aromatic carbocycles. The smallest absolute Gasteiger partial charge is 0.330 e. The molecular formula is C38H72O2. The van der Waals surface area contributed by atoms with Gasteiger partial charge in [0.15, 0.2) is 0 Å². The van der Waals surface area contributed by atoms with Gasteiger partial charge >= 0.3 is 5.97 Å². The van der Waals surface area contributed by atoms with Crippen molar-refractivity contribution >= 4 is 5.97 Å². The Hall–Kier alpha value is -1.05. The number of unbranched alkanes of at least 4 members (excludes halogenated alkanes) is 24. The standard InChI is InChI=1S/C38H72O2/c1-4-6-8-10-12-14-16-18-20-22-24-26-28-30-32-34-37(35-36(3)38(39)40)33-31-29-27-25-23-21-19-17-15-13-11-9-7-5-2/h18,20,35,37H,4-17,19,21-34H2,1-3H3,(H,39,40)/b20-18-,36-35?. The van der Waals surface area contributed by atoms with Gasteiger partial charge in [-0.1, -0.05) is 180 Å². The predicted octanol–water partition coefficient (Wildman–Crippen LogP) is 13.5. The van der Waals surface area contributed by atoms with E-state index in [4.69, 9.17) is 0 Å². The summed E-state index contributed by atoms with van der Waals surface area (Å²) in [5.74, 6) is -0.311. The van der Waals surface area contributed by atoms with Crippen LogP contribution in [0.15, 0.2) is 23.8 Å². The van der Waals surface area contributed by atoms with Gasteiger partial charge in [-0.15, -0.1) is 0 Å². The van der Waals surface area contributed by atoms with Crippen molar-refractivity contribution in [2.45, 2.75) is 207 Å². The lowest BCUT2D eigenvalue weighted by Crippen LogP contribution is -2.03. The maximum atomic E-state index is 11.4. The molecule has 1 N–H and O–H groups in total. The number of aliphatic carboxylic acids is 1. The van der Waals surface area contributed by atoms with E-state index in [-0.39, 0.29) is 0 Å². The molecule has 236 valence electrons. The van der Waals surface area contributed by atoms with E-state index in [2.05, 4.69) is 32.1 Å². The van der Waals surface area contributed by atoms with Gasteiger partial charge in [-0.05, 0) is 51.4 Å². The van der Waals surface area contributed by atoms with Crippen LogP contribution in [0.5, 0.6) is 0 Å². The minimum Gasteiger partial charge on any atom is -0.478 e. The quantitative estimate of drug-likeness (QED) is 0.0504. The zero-order chi connectivity index (χ0) is 29.4. The van der Waals surface area contributed by atoms with E-state index in [0.29, 0.717) is 11.5 Å². The normalized spacial score (nSPS) is 12.9. The minimum absolute atomic E-state index is 0.443. The fraction of sp³-hybridized carbons (Fsp3) is 0.868. The lowest BCUT2D eigenvalue weighted by atomic mass is 9.92. The SMILES string of the molecule is CCCCCCCC/C=C\CCCCCCCC(C=C(C)C(=O)O)CCCCCCCCCCCCCCCC. The summed E-state index contributed by atoms with van der Waals surface area (Å²) >= 11 is 0. The Balaban J connectivity index is 3.79. The number of carbonyl (C=O) groups is 1. The average molecular weight is 561 g/mol. The molecule has 40 heavy (non-hydrogen) atoms. The maximum Gasteiger partial charge on any atom is 0.330 e. The lowest BCUT2D eigenvalue weighted by molar-refractivity contribution is -0.132. The Bertz CT molecular complexity index is 576. The number of allylic oxidation sites excluding steroid dienone is 3. The van der Waals surface area contributed by atoms with Crippen LogP contribution < -0.4 is 0 Å². The second kappa shape index (κ2) is 32.5. The number of rotatable bonds is 32. The molecule has 0 aromatic heterocycles. The number of carboxylic acid groups (broad SMARTS) is 1. The zero-order valence-electron chi connectivity index (χ0n) is 27.7. The van der Waals surface area contributed by atoms with E-state index in [1.54, 1.807) is 6.92 Å². The third-order valence-electron chi connectivity index (χ3n) is 8.59. The van der Waals surface area contributed by atoms with Gasteiger partial charge in [0.25, 0.3) is 0 Å². The van der Waals surface area contributed by atoms with E-state index >= 15 is 0 Å². The van der Waals surface area contributed by atoms with Crippen molar-refractivity contribution in [1.82, 2.24) is 0 Å². The van der Waals surface area contributed by atoms with Crippen LogP contribution in [0.2, 0.25) is 0 Å². The first kappa shape index (κ1) is 39.0. The molecule has 0 fully saturated rings. The van der Waals surface area contributed by atoms with Gasteiger partial charge in [-0.25, -0.2) is 4.79 Å². The number of hydrogen-bond acceptors (Lipinski definition) is 1. The van der Waals surface area contributed by atoms with Gasteiger partial charge in [0.2, 0.25) is 0 Å². The second-order valence-corrected chi connectivity index (χ2v) is 12.7. The molecule has 0 amide bonds. The topological polar surface area (TPSA) is 37.3 Å². The number of carboxylic acids is 1. The van der Waals surface area contributed by atoms with Gasteiger partial charge in [-0.3, -0.25) is 0 Å². The van der Waals surface area contributed by atoms with Crippen molar-refractivity contribution < 1.29 is 9.90 Å². The summed E-state index contributed by atoms with van der Waals surface area (Å²) in [7, 11) is 0. The second-order valence-electron chi connectivity index (χ2n) is 12.7. The highest BCUT2D eigenvalue weighted by Crippen LogP contribution is 2.22. The molecule has 0 rings (SSSR count). The lowest BCUT2D eigenvalue weighted by Gasteiger charge is -2.14. The third kappa shape index (κ3) is 29.9. The summed E-state index contributed by atoms with van der Waals surface area (Å²) in [6.07, 6.45) is 45.9. The maximum absolute atomic E-state index is 11.4. The highest BCUT2D eigenvalue weighted by atomic mass is 16.4. The summed E-state index contributed by atoms with van der Waals surface area (Å²) in [6, 6.07) is 0. The summed E-state index contributed by atoms with van der Waals surface area (Å²) in [5, 5.41) is 9.36. The van der Waals surface area contributed by atoms with Crippen LogP contribution >= 0.6 is 0 Å². The summed E-state index contributed by atoms with van der Waals surface area (Å²) in [6.45, 7) is 6.33. The summed E-state index contributed by atoms with van der Waals surface area (Å²) in [5.41, 5.74) is 0.531. The fourth-order valence-corrected chi connectivity index (χ4v) is 5.81. The average Bonchev–Trinajstić information content (AvgIpc) is 2.94. The van der Waals surface area contributed by atoms with Gasteiger partial charge in [-0.2, -0.15) is 0 Å². The van der Waals surface area contributed by atoms with Crippen molar-refractivity contribution in [3.05, 3.63) is 23.8 Å². The molecule has 0 spiro atoms. The minimum atomic E-state index is -0.754. The molecular weight excluding hydrogens is 488 g/mol.